The summed E-state index contributed by atoms with van der Waals surface area (Å²) in [5.41, 5.74) is 2.62. The van der Waals surface area contributed by atoms with E-state index in [0.29, 0.717) is 0 Å². The molecule has 0 radical (unpaired) electrons. The third-order valence-electron chi connectivity index (χ3n) is 1.68. The van der Waals surface area contributed by atoms with Crippen LogP contribution in [0.3, 0.4) is 0 Å². The van der Waals surface area contributed by atoms with E-state index in [9.17, 15) is 0 Å². The second-order valence-corrected chi connectivity index (χ2v) is 3.62. The number of nitrogens with zero attached hydrogens (tertiary/aromatic N) is 1. The first kappa shape index (κ1) is 6.92. The molecule has 0 spiro atoms. The van der Waals surface area contributed by atoms with Gasteiger partial charge in [-0.3, -0.25) is 4.98 Å². The lowest BCUT2D eigenvalue weighted by molar-refractivity contribution is 0.988. The third-order valence-corrected chi connectivity index (χ3v) is 2.83. The van der Waals surface area contributed by atoms with Gasteiger partial charge >= 0.3 is 0 Å². The Hall–Kier alpha value is -0.760. The van der Waals surface area contributed by atoms with Crippen LogP contribution in [0.5, 0.6) is 0 Å². The van der Waals surface area contributed by atoms with Crippen molar-refractivity contribution in [2.45, 2.75) is 18.2 Å². The van der Waals surface area contributed by atoms with Crippen molar-refractivity contribution in [2.75, 3.05) is 0 Å². The zero-order valence-corrected chi connectivity index (χ0v) is 7.19. The van der Waals surface area contributed by atoms with Crippen molar-refractivity contribution < 1.29 is 0 Å². The van der Waals surface area contributed by atoms with Gasteiger partial charge in [-0.25, -0.2) is 0 Å². The van der Waals surface area contributed by atoms with Gasteiger partial charge in [0.15, 0.2) is 0 Å². The quantitative estimate of drug-likeness (QED) is 0.583. The van der Waals surface area contributed by atoms with E-state index in [1.807, 2.05) is 12.3 Å². The molecule has 0 atom stereocenters. The summed E-state index contributed by atoms with van der Waals surface area (Å²) in [4.78, 5) is 5.61. The molecule has 0 amide bonds. The molecule has 0 aliphatic carbocycles. The average Bonchev–Trinajstić information content (AvgIpc) is 2.04. The second kappa shape index (κ2) is 2.70. The number of thioether (sulfide) groups is 1. The number of fused-ring (bicyclic) bond motifs is 1. The number of aromatic nitrogens is 1. The minimum Gasteiger partial charge on any atom is -0.260 e. The molecular weight excluding hydrogens is 154 g/mol. The van der Waals surface area contributed by atoms with Crippen LogP contribution in [-0.2, 0) is 6.42 Å². The highest BCUT2D eigenvalue weighted by Gasteiger charge is 2.08. The van der Waals surface area contributed by atoms with Crippen LogP contribution in [0, 0.1) is 0 Å². The molecule has 0 saturated carbocycles. The predicted molar refractivity (Wildman–Crippen MR) is 47.6 cm³/mol. The fourth-order valence-corrected chi connectivity index (χ4v) is 1.96. The summed E-state index contributed by atoms with van der Waals surface area (Å²) in [5.74, 6) is 0. The first-order valence-corrected chi connectivity index (χ1v) is 4.50. The van der Waals surface area contributed by atoms with E-state index >= 15 is 0 Å². The van der Waals surface area contributed by atoms with Crippen LogP contribution in [-0.4, -0.2) is 4.98 Å². The maximum atomic E-state index is 4.31. The van der Waals surface area contributed by atoms with Crippen molar-refractivity contribution in [3.05, 3.63) is 35.0 Å². The summed E-state index contributed by atoms with van der Waals surface area (Å²) >= 11 is 1.77. The molecule has 1 aromatic heterocycles. The molecular formula is C9H9NS. The maximum absolute atomic E-state index is 4.31. The first-order valence-electron chi connectivity index (χ1n) is 3.62. The molecule has 1 aliphatic heterocycles. The highest BCUT2D eigenvalue weighted by Crippen LogP contribution is 2.29. The van der Waals surface area contributed by atoms with Gasteiger partial charge in [-0.05, 0) is 24.5 Å². The van der Waals surface area contributed by atoms with E-state index in [2.05, 4.69) is 23.4 Å². The fraction of sp³-hybridized carbons (Fsp3) is 0.222. The van der Waals surface area contributed by atoms with Crippen molar-refractivity contribution >= 4 is 11.8 Å². The highest BCUT2D eigenvalue weighted by molar-refractivity contribution is 8.02. The van der Waals surface area contributed by atoms with Gasteiger partial charge in [-0.1, -0.05) is 17.3 Å². The Morgan fingerprint density at radius 2 is 2.45 bits per heavy atom. The van der Waals surface area contributed by atoms with Crippen molar-refractivity contribution in [1.29, 1.82) is 0 Å². The van der Waals surface area contributed by atoms with Crippen LogP contribution in [0.15, 0.2) is 34.2 Å². The Morgan fingerprint density at radius 1 is 1.55 bits per heavy atom. The zero-order valence-electron chi connectivity index (χ0n) is 6.37. The molecule has 56 valence electrons. The van der Waals surface area contributed by atoms with Gasteiger partial charge in [0.25, 0.3) is 0 Å². The van der Waals surface area contributed by atoms with E-state index in [-0.39, 0.29) is 0 Å². The molecule has 11 heavy (non-hydrogen) atoms. The Labute approximate surface area is 70.5 Å². The lowest BCUT2D eigenvalue weighted by atomic mass is 10.2. The molecule has 0 fully saturated rings. The summed E-state index contributed by atoms with van der Waals surface area (Å²) in [6, 6.07) is 4.11. The summed E-state index contributed by atoms with van der Waals surface area (Å²) in [7, 11) is 0. The van der Waals surface area contributed by atoms with Crippen LogP contribution in [0.25, 0.3) is 0 Å². The van der Waals surface area contributed by atoms with Gasteiger partial charge in [0.1, 0.15) is 0 Å². The SMILES string of the molecule is CC1=CSc2cccnc2C1. The lowest BCUT2D eigenvalue weighted by Crippen LogP contribution is -1.96. The standard InChI is InChI=1S/C9H9NS/c1-7-5-8-9(11-6-7)3-2-4-10-8/h2-4,6H,5H2,1H3. The number of allylic oxidation sites excluding steroid dienone is 1. The van der Waals surface area contributed by atoms with E-state index < -0.39 is 0 Å². The number of pyridine rings is 1. The summed E-state index contributed by atoms with van der Waals surface area (Å²) < 4.78 is 0. The Morgan fingerprint density at radius 3 is 3.36 bits per heavy atom. The molecule has 1 aliphatic rings. The summed E-state index contributed by atoms with van der Waals surface area (Å²) in [6.45, 7) is 2.14. The molecule has 0 bridgehead atoms. The zero-order chi connectivity index (χ0) is 7.68. The highest BCUT2D eigenvalue weighted by atomic mass is 32.2. The first-order chi connectivity index (χ1) is 5.36. The topological polar surface area (TPSA) is 12.9 Å². The maximum Gasteiger partial charge on any atom is 0.0583 e. The Balaban J connectivity index is 2.42. The Bertz CT molecular complexity index is 304. The van der Waals surface area contributed by atoms with Gasteiger partial charge in [0.05, 0.1) is 5.69 Å². The van der Waals surface area contributed by atoms with Crippen LogP contribution in [0.1, 0.15) is 12.6 Å². The Kier molecular flexibility index (Phi) is 1.70. The monoisotopic (exact) mass is 163 g/mol. The molecule has 2 heterocycles. The van der Waals surface area contributed by atoms with Crippen LogP contribution >= 0.6 is 11.8 Å². The molecule has 0 N–H and O–H groups in total. The van der Waals surface area contributed by atoms with Crippen molar-refractivity contribution in [2.24, 2.45) is 0 Å². The molecule has 2 heteroatoms. The van der Waals surface area contributed by atoms with Crippen LogP contribution < -0.4 is 0 Å². The average molecular weight is 163 g/mol. The molecule has 0 saturated heterocycles. The van der Waals surface area contributed by atoms with Gasteiger partial charge in [-0.15, -0.1) is 0 Å². The van der Waals surface area contributed by atoms with Crippen molar-refractivity contribution in [1.82, 2.24) is 4.98 Å². The summed E-state index contributed by atoms with van der Waals surface area (Å²) in [6.07, 6.45) is 2.88. The van der Waals surface area contributed by atoms with Gasteiger partial charge in [0.2, 0.25) is 0 Å². The van der Waals surface area contributed by atoms with E-state index in [1.165, 1.54) is 16.2 Å². The number of hydrogen-bond donors (Lipinski definition) is 0. The lowest BCUT2D eigenvalue weighted by Gasteiger charge is -2.11. The van der Waals surface area contributed by atoms with Gasteiger partial charge in [-0.2, -0.15) is 0 Å². The smallest absolute Gasteiger partial charge is 0.0583 e. The van der Waals surface area contributed by atoms with E-state index in [0.717, 1.165) is 6.42 Å². The van der Waals surface area contributed by atoms with Crippen molar-refractivity contribution in [3.63, 3.8) is 0 Å². The summed E-state index contributed by atoms with van der Waals surface area (Å²) in [5, 5.41) is 2.20. The minimum atomic E-state index is 1.02. The van der Waals surface area contributed by atoms with Gasteiger partial charge < -0.3 is 0 Å². The third kappa shape index (κ3) is 1.31. The molecule has 1 nitrogen and oxygen atoms in total. The number of rotatable bonds is 0. The molecule has 0 aromatic carbocycles. The molecule has 1 aromatic rings. The van der Waals surface area contributed by atoms with Gasteiger partial charge in [0, 0.05) is 17.5 Å². The second-order valence-electron chi connectivity index (χ2n) is 2.71. The van der Waals surface area contributed by atoms with Crippen LogP contribution in [0.4, 0.5) is 0 Å². The predicted octanol–water partition coefficient (Wildman–Crippen LogP) is 2.63. The van der Waals surface area contributed by atoms with E-state index in [1.54, 1.807) is 11.8 Å². The fourth-order valence-electron chi connectivity index (χ4n) is 1.13. The normalized spacial score (nSPS) is 15.5. The van der Waals surface area contributed by atoms with Crippen LogP contribution in [0.2, 0.25) is 0 Å². The largest absolute Gasteiger partial charge is 0.260 e. The van der Waals surface area contributed by atoms with Crippen molar-refractivity contribution in [3.8, 4) is 0 Å². The van der Waals surface area contributed by atoms with E-state index in [4.69, 9.17) is 0 Å². The molecule has 2 rings (SSSR count). The minimum absolute atomic E-state index is 1.02. The number of hydrogen-bond acceptors (Lipinski definition) is 2. The molecule has 0 unspecified atom stereocenters.